The molecule has 0 aromatic heterocycles. The van der Waals surface area contributed by atoms with Crippen LogP contribution in [0.15, 0.2) is 23.2 Å². The molecule has 1 fully saturated rings. The zero-order valence-corrected chi connectivity index (χ0v) is 14.7. The van der Waals surface area contributed by atoms with Crippen LogP contribution in [0.1, 0.15) is 41.0 Å². The van der Waals surface area contributed by atoms with Gasteiger partial charge in [-0.3, -0.25) is 4.99 Å². The monoisotopic (exact) mass is 319 g/mol. The van der Waals surface area contributed by atoms with Crippen molar-refractivity contribution in [2.24, 2.45) is 4.99 Å². The molecule has 1 aromatic rings. The third-order valence-electron chi connectivity index (χ3n) is 5.36. The van der Waals surface area contributed by atoms with E-state index in [0.29, 0.717) is 6.54 Å². The molecule has 2 aliphatic heterocycles. The molecule has 118 valence electrons. The zero-order chi connectivity index (χ0) is 16.2. The summed E-state index contributed by atoms with van der Waals surface area (Å²) < 4.78 is 12.6. The van der Waals surface area contributed by atoms with E-state index in [9.17, 15) is 0 Å². The van der Waals surface area contributed by atoms with Crippen molar-refractivity contribution in [2.45, 2.75) is 57.6 Å². The van der Waals surface area contributed by atoms with Gasteiger partial charge in [0.2, 0.25) is 0 Å². The number of nitrogens with zero attached hydrogens (tertiary/aromatic N) is 1. The van der Waals surface area contributed by atoms with E-state index in [1.807, 2.05) is 18.2 Å². The summed E-state index contributed by atoms with van der Waals surface area (Å²) in [6.45, 7) is 11.2. The highest BCUT2D eigenvalue weighted by Crippen LogP contribution is 2.48. The summed E-state index contributed by atoms with van der Waals surface area (Å²) in [5.74, 6) is 0. The van der Waals surface area contributed by atoms with Crippen LogP contribution in [-0.4, -0.2) is 24.9 Å². The highest BCUT2D eigenvalue weighted by molar-refractivity contribution is 6.52. The van der Waals surface area contributed by atoms with Crippen molar-refractivity contribution in [3.63, 3.8) is 0 Å². The first-order valence-corrected chi connectivity index (χ1v) is 8.25. The molecule has 5 heteroatoms. The maximum Gasteiger partial charge on any atom is 0.470 e. The van der Waals surface area contributed by atoms with Crippen LogP contribution in [-0.2, 0) is 9.31 Å². The molecule has 0 N–H and O–H groups in total. The Kier molecular flexibility index (Phi) is 3.71. The minimum absolute atomic E-state index is 0.247. The number of rotatable bonds is 2. The van der Waals surface area contributed by atoms with Gasteiger partial charge in [0.15, 0.2) is 0 Å². The highest BCUT2D eigenvalue weighted by Gasteiger charge is 2.58. The molecule has 0 bridgehead atoms. The number of hydrogen-bond acceptors (Lipinski definition) is 3. The molecule has 3 nitrogen and oxygen atoms in total. The van der Waals surface area contributed by atoms with E-state index in [0.717, 1.165) is 22.0 Å². The van der Waals surface area contributed by atoms with Gasteiger partial charge in [0.1, 0.15) is 0 Å². The SMILES string of the molecule is CCC1(B2OC(C)(C)C(C)(C)O2)C=c2cc(Cl)ccc2=NC1. The molecule has 0 saturated carbocycles. The first kappa shape index (κ1) is 16.0. The van der Waals surface area contributed by atoms with Gasteiger partial charge in [-0.1, -0.05) is 24.6 Å². The first-order chi connectivity index (χ1) is 10.2. The normalized spacial score (nSPS) is 28.7. The van der Waals surface area contributed by atoms with Crippen molar-refractivity contribution in [1.82, 2.24) is 0 Å². The molecule has 22 heavy (non-hydrogen) atoms. The molecular formula is C17H23BClNO2. The van der Waals surface area contributed by atoms with Crippen molar-refractivity contribution in [1.29, 1.82) is 0 Å². The number of benzene rings is 1. The quantitative estimate of drug-likeness (QED) is 0.785. The van der Waals surface area contributed by atoms with Crippen LogP contribution in [0, 0.1) is 0 Å². The predicted octanol–water partition coefficient (Wildman–Crippen LogP) is 3.00. The van der Waals surface area contributed by atoms with Gasteiger partial charge in [-0.15, -0.1) is 0 Å². The van der Waals surface area contributed by atoms with Crippen LogP contribution in [0.2, 0.25) is 10.3 Å². The van der Waals surface area contributed by atoms with Gasteiger partial charge < -0.3 is 9.31 Å². The van der Waals surface area contributed by atoms with Gasteiger partial charge in [0.25, 0.3) is 0 Å². The lowest BCUT2D eigenvalue weighted by atomic mass is 9.55. The van der Waals surface area contributed by atoms with E-state index in [-0.39, 0.29) is 23.6 Å². The smallest absolute Gasteiger partial charge is 0.403 e. The third kappa shape index (κ3) is 2.42. The average Bonchev–Trinajstić information content (AvgIpc) is 2.67. The minimum Gasteiger partial charge on any atom is -0.403 e. The molecular weight excluding hydrogens is 296 g/mol. The van der Waals surface area contributed by atoms with Crippen molar-refractivity contribution in [2.75, 3.05) is 6.54 Å². The van der Waals surface area contributed by atoms with Gasteiger partial charge >= 0.3 is 7.12 Å². The summed E-state index contributed by atoms with van der Waals surface area (Å²) in [6.07, 6.45) is 3.14. The van der Waals surface area contributed by atoms with E-state index in [1.54, 1.807) is 0 Å². The molecule has 2 aliphatic rings. The first-order valence-electron chi connectivity index (χ1n) is 7.88. The average molecular weight is 320 g/mol. The fourth-order valence-corrected chi connectivity index (χ4v) is 3.15. The second kappa shape index (κ2) is 5.08. The van der Waals surface area contributed by atoms with Crippen LogP contribution >= 0.6 is 11.6 Å². The number of fused-ring (bicyclic) bond motifs is 1. The van der Waals surface area contributed by atoms with E-state index < -0.39 is 0 Å². The topological polar surface area (TPSA) is 30.8 Å². The molecule has 0 aliphatic carbocycles. The summed E-state index contributed by atoms with van der Waals surface area (Å²) in [7, 11) is -0.293. The molecule has 0 radical (unpaired) electrons. The summed E-state index contributed by atoms with van der Waals surface area (Å²) >= 11 is 6.14. The Morgan fingerprint density at radius 2 is 1.82 bits per heavy atom. The number of hydrogen-bond donors (Lipinski definition) is 0. The maximum atomic E-state index is 6.30. The van der Waals surface area contributed by atoms with E-state index in [2.05, 4.69) is 40.7 Å². The largest absolute Gasteiger partial charge is 0.470 e. The molecule has 1 unspecified atom stereocenters. The lowest BCUT2D eigenvalue weighted by Gasteiger charge is -2.32. The Labute approximate surface area is 137 Å². The van der Waals surface area contributed by atoms with Gasteiger partial charge in [-0.05, 0) is 57.5 Å². The lowest BCUT2D eigenvalue weighted by Crippen LogP contribution is -2.43. The van der Waals surface area contributed by atoms with Gasteiger partial charge in [-0.25, -0.2) is 0 Å². The summed E-state index contributed by atoms with van der Waals surface area (Å²) in [6, 6.07) is 5.82. The third-order valence-corrected chi connectivity index (χ3v) is 5.59. The van der Waals surface area contributed by atoms with Crippen molar-refractivity contribution < 1.29 is 9.31 Å². The van der Waals surface area contributed by atoms with Crippen LogP contribution in [0.3, 0.4) is 0 Å². The predicted molar refractivity (Wildman–Crippen MR) is 90.6 cm³/mol. The molecule has 1 aromatic carbocycles. The highest BCUT2D eigenvalue weighted by atomic mass is 35.5. The second-order valence-corrected chi connectivity index (χ2v) is 7.78. The minimum atomic E-state index is -0.331. The van der Waals surface area contributed by atoms with E-state index >= 15 is 0 Å². The van der Waals surface area contributed by atoms with E-state index in [1.165, 1.54) is 0 Å². The van der Waals surface area contributed by atoms with Crippen molar-refractivity contribution in [3.05, 3.63) is 33.8 Å². The van der Waals surface area contributed by atoms with Gasteiger partial charge in [0.05, 0.1) is 16.6 Å². The maximum absolute atomic E-state index is 6.30. The Balaban J connectivity index is 2.05. The Hall–Kier alpha value is -0.835. The molecule has 3 rings (SSSR count). The zero-order valence-electron chi connectivity index (χ0n) is 13.9. The Morgan fingerprint density at radius 3 is 2.41 bits per heavy atom. The Bertz CT molecular complexity index is 700. The standard InChI is InChI=1S/C17H23BClNO2/c1-6-17(18-21-15(2,3)16(4,5)22-18)10-12-9-13(19)7-8-14(12)20-11-17/h7-10H,6,11H2,1-5H3. The van der Waals surface area contributed by atoms with Crippen molar-refractivity contribution >= 4 is 24.8 Å². The molecule has 0 spiro atoms. The van der Waals surface area contributed by atoms with Gasteiger partial charge in [-0.2, -0.15) is 0 Å². The lowest BCUT2D eigenvalue weighted by molar-refractivity contribution is 0.00578. The molecule has 1 saturated heterocycles. The number of halogens is 1. The molecule has 2 heterocycles. The van der Waals surface area contributed by atoms with Crippen LogP contribution < -0.4 is 10.6 Å². The second-order valence-electron chi connectivity index (χ2n) is 7.34. The van der Waals surface area contributed by atoms with E-state index in [4.69, 9.17) is 25.9 Å². The van der Waals surface area contributed by atoms with Gasteiger partial charge in [0, 0.05) is 16.9 Å². The summed E-state index contributed by atoms with van der Waals surface area (Å²) in [5, 5.41) is 2.54. The summed E-state index contributed by atoms with van der Waals surface area (Å²) in [4.78, 5) is 4.75. The van der Waals surface area contributed by atoms with Crippen LogP contribution in [0.4, 0.5) is 0 Å². The molecule has 0 amide bonds. The Morgan fingerprint density at radius 1 is 1.18 bits per heavy atom. The molecule has 1 atom stereocenters. The summed E-state index contributed by atoms with van der Waals surface area (Å²) in [5.41, 5.74) is -0.662. The van der Waals surface area contributed by atoms with Crippen LogP contribution in [0.25, 0.3) is 6.08 Å². The van der Waals surface area contributed by atoms with Crippen LogP contribution in [0.5, 0.6) is 0 Å². The fourth-order valence-electron chi connectivity index (χ4n) is 2.97. The fraction of sp³-hybridized carbons (Fsp3) is 0.588. The van der Waals surface area contributed by atoms with Crippen molar-refractivity contribution in [3.8, 4) is 0 Å².